The maximum Gasteiger partial charge on any atom is 0.313 e. The van der Waals surface area contributed by atoms with Crippen LogP contribution < -0.4 is 0 Å². The fourth-order valence-corrected chi connectivity index (χ4v) is 3.07. The molecule has 0 aromatic carbocycles. The SMILES string of the molecule is CC(C)c1cnc(SCC(=O)O)n1CC(C)C1CC1. The normalized spacial score (nSPS) is 16.8. The molecular formula is C14H22N2O2S. The summed E-state index contributed by atoms with van der Waals surface area (Å²) >= 11 is 1.32. The number of carbonyl (C=O) groups is 1. The molecule has 1 unspecified atom stereocenters. The first-order valence-electron chi connectivity index (χ1n) is 6.89. The van der Waals surface area contributed by atoms with Gasteiger partial charge in [0.15, 0.2) is 5.16 Å². The van der Waals surface area contributed by atoms with Crippen LogP contribution in [0, 0.1) is 11.8 Å². The summed E-state index contributed by atoms with van der Waals surface area (Å²) in [5.74, 6) is 1.20. The standard InChI is InChI=1S/C14H22N2O2S/c1-9(2)12-6-15-14(19-8-13(17)18)16(12)7-10(3)11-4-5-11/h6,9-11H,4-5,7-8H2,1-3H3,(H,17,18). The van der Waals surface area contributed by atoms with Gasteiger partial charge in [0, 0.05) is 18.4 Å². The highest BCUT2D eigenvalue weighted by Crippen LogP contribution is 2.38. The third-order valence-electron chi connectivity index (χ3n) is 3.66. The fourth-order valence-electron chi connectivity index (χ4n) is 2.36. The van der Waals surface area contributed by atoms with Crippen molar-refractivity contribution in [3.8, 4) is 0 Å². The molecule has 1 aliphatic rings. The molecule has 1 heterocycles. The molecule has 0 spiro atoms. The molecule has 1 saturated carbocycles. The number of rotatable bonds is 7. The predicted octanol–water partition coefficient (Wildman–Crippen LogP) is 3.23. The number of hydrogen-bond donors (Lipinski definition) is 1. The van der Waals surface area contributed by atoms with Crippen LogP contribution in [0.25, 0.3) is 0 Å². The molecule has 2 rings (SSSR count). The first kappa shape index (κ1) is 14.4. The second-order valence-electron chi connectivity index (χ2n) is 5.73. The van der Waals surface area contributed by atoms with Crippen molar-refractivity contribution in [1.29, 1.82) is 0 Å². The zero-order valence-corrected chi connectivity index (χ0v) is 12.6. The van der Waals surface area contributed by atoms with Crippen molar-refractivity contribution in [1.82, 2.24) is 9.55 Å². The minimum absolute atomic E-state index is 0.0758. The molecule has 4 nitrogen and oxygen atoms in total. The molecule has 1 N–H and O–H groups in total. The second kappa shape index (κ2) is 5.99. The van der Waals surface area contributed by atoms with E-state index in [2.05, 4.69) is 30.3 Å². The number of nitrogens with zero attached hydrogens (tertiary/aromatic N) is 2. The summed E-state index contributed by atoms with van der Waals surface area (Å²) in [5.41, 5.74) is 1.21. The van der Waals surface area contributed by atoms with E-state index in [1.165, 1.54) is 30.3 Å². The zero-order valence-electron chi connectivity index (χ0n) is 11.8. The van der Waals surface area contributed by atoms with Crippen LogP contribution >= 0.6 is 11.8 Å². The van der Waals surface area contributed by atoms with Gasteiger partial charge in [-0.1, -0.05) is 32.5 Å². The number of imidazole rings is 1. The minimum Gasteiger partial charge on any atom is -0.481 e. The van der Waals surface area contributed by atoms with Crippen LogP contribution in [-0.4, -0.2) is 26.4 Å². The lowest BCUT2D eigenvalue weighted by molar-refractivity contribution is -0.133. The van der Waals surface area contributed by atoms with Gasteiger partial charge in [-0.15, -0.1) is 0 Å². The summed E-state index contributed by atoms with van der Waals surface area (Å²) in [7, 11) is 0. The lowest BCUT2D eigenvalue weighted by atomic mass is 10.1. The molecule has 1 aliphatic carbocycles. The molecule has 0 radical (unpaired) electrons. The number of aromatic nitrogens is 2. The van der Waals surface area contributed by atoms with E-state index in [1.807, 2.05) is 6.20 Å². The Morgan fingerprint density at radius 1 is 1.53 bits per heavy atom. The Bertz CT molecular complexity index is 452. The van der Waals surface area contributed by atoms with E-state index in [-0.39, 0.29) is 5.75 Å². The Labute approximate surface area is 118 Å². The summed E-state index contributed by atoms with van der Waals surface area (Å²) in [6.07, 6.45) is 4.57. The summed E-state index contributed by atoms with van der Waals surface area (Å²) in [6, 6.07) is 0. The van der Waals surface area contributed by atoms with Gasteiger partial charge >= 0.3 is 5.97 Å². The van der Waals surface area contributed by atoms with E-state index in [9.17, 15) is 4.79 Å². The van der Waals surface area contributed by atoms with Crippen molar-refractivity contribution in [2.75, 3.05) is 5.75 Å². The number of carboxylic acids is 1. The minimum atomic E-state index is -0.791. The van der Waals surface area contributed by atoms with Gasteiger partial charge in [0.1, 0.15) is 0 Å². The highest BCUT2D eigenvalue weighted by molar-refractivity contribution is 7.99. The van der Waals surface area contributed by atoms with Crippen molar-refractivity contribution in [3.05, 3.63) is 11.9 Å². The van der Waals surface area contributed by atoms with Crippen molar-refractivity contribution < 1.29 is 9.90 Å². The summed E-state index contributed by atoms with van der Waals surface area (Å²) in [6.45, 7) is 7.55. The van der Waals surface area contributed by atoms with Gasteiger partial charge in [-0.25, -0.2) is 4.98 Å². The Balaban J connectivity index is 2.14. The smallest absolute Gasteiger partial charge is 0.313 e. The maximum atomic E-state index is 10.7. The first-order chi connectivity index (χ1) is 8.99. The van der Waals surface area contributed by atoms with Crippen molar-refractivity contribution in [2.45, 2.75) is 51.2 Å². The molecule has 0 aliphatic heterocycles. The van der Waals surface area contributed by atoms with Gasteiger partial charge in [-0.3, -0.25) is 4.79 Å². The molecule has 106 valence electrons. The predicted molar refractivity (Wildman–Crippen MR) is 76.6 cm³/mol. The van der Waals surface area contributed by atoms with Crippen molar-refractivity contribution in [2.24, 2.45) is 11.8 Å². The topological polar surface area (TPSA) is 55.1 Å². The molecule has 0 bridgehead atoms. The van der Waals surface area contributed by atoms with Gasteiger partial charge < -0.3 is 9.67 Å². The molecule has 0 saturated heterocycles. The molecule has 1 aromatic rings. The third-order valence-corrected chi connectivity index (χ3v) is 4.64. The van der Waals surface area contributed by atoms with Crippen LogP contribution in [0.2, 0.25) is 0 Å². The molecular weight excluding hydrogens is 260 g/mol. The van der Waals surface area contributed by atoms with Gasteiger partial charge in [0.05, 0.1) is 5.75 Å². The van der Waals surface area contributed by atoms with E-state index >= 15 is 0 Å². The third kappa shape index (κ3) is 3.75. The largest absolute Gasteiger partial charge is 0.481 e. The van der Waals surface area contributed by atoms with Gasteiger partial charge in [0.2, 0.25) is 0 Å². The molecule has 1 aromatic heterocycles. The Morgan fingerprint density at radius 2 is 2.21 bits per heavy atom. The summed E-state index contributed by atoms with van der Waals surface area (Å²) in [5, 5.41) is 9.65. The van der Waals surface area contributed by atoms with Crippen LogP contribution in [0.4, 0.5) is 0 Å². The fraction of sp³-hybridized carbons (Fsp3) is 0.714. The Hall–Kier alpha value is -0.970. The molecule has 1 atom stereocenters. The molecule has 5 heteroatoms. The van der Waals surface area contributed by atoms with Crippen LogP contribution in [0.3, 0.4) is 0 Å². The average molecular weight is 282 g/mol. The zero-order chi connectivity index (χ0) is 14.0. The van der Waals surface area contributed by atoms with Crippen LogP contribution in [-0.2, 0) is 11.3 Å². The summed E-state index contributed by atoms with van der Waals surface area (Å²) < 4.78 is 2.22. The number of thioether (sulfide) groups is 1. The van der Waals surface area contributed by atoms with E-state index in [0.29, 0.717) is 11.8 Å². The van der Waals surface area contributed by atoms with Crippen molar-refractivity contribution >= 4 is 17.7 Å². The maximum absolute atomic E-state index is 10.7. The highest BCUT2D eigenvalue weighted by Gasteiger charge is 2.29. The van der Waals surface area contributed by atoms with Gasteiger partial charge in [0.25, 0.3) is 0 Å². The van der Waals surface area contributed by atoms with Crippen molar-refractivity contribution in [3.63, 3.8) is 0 Å². The van der Waals surface area contributed by atoms with E-state index < -0.39 is 5.97 Å². The quantitative estimate of drug-likeness (QED) is 0.780. The van der Waals surface area contributed by atoms with E-state index in [4.69, 9.17) is 5.11 Å². The Morgan fingerprint density at radius 3 is 2.74 bits per heavy atom. The lowest BCUT2D eigenvalue weighted by Crippen LogP contribution is -2.14. The van der Waals surface area contributed by atoms with E-state index in [1.54, 1.807) is 0 Å². The second-order valence-corrected chi connectivity index (χ2v) is 6.67. The average Bonchev–Trinajstić information content (AvgIpc) is 3.10. The number of hydrogen-bond acceptors (Lipinski definition) is 3. The molecule has 1 fully saturated rings. The monoisotopic (exact) mass is 282 g/mol. The lowest BCUT2D eigenvalue weighted by Gasteiger charge is -2.17. The van der Waals surface area contributed by atoms with Gasteiger partial charge in [-0.2, -0.15) is 0 Å². The molecule has 19 heavy (non-hydrogen) atoms. The van der Waals surface area contributed by atoms with Gasteiger partial charge in [-0.05, 0) is 30.6 Å². The first-order valence-corrected chi connectivity index (χ1v) is 7.87. The number of aliphatic carboxylic acids is 1. The van der Waals surface area contributed by atoms with E-state index in [0.717, 1.165) is 17.6 Å². The number of carboxylic acid groups (broad SMARTS) is 1. The summed E-state index contributed by atoms with van der Waals surface area (Å²) in [4.78, 5) is 15.1. The van der Waals surface area contributed by atoms with Crippen LogP contribution in [0.1, 0.15) is 45.2 Å². The Kier molecular flexibility index (Phi) is 4.55. The van der Waals surface area contributed by atoms with Crippen LogP contribution in [0.5, 0.6) is 0 Å². The molecule has 0 amide bonds. The highest BCUT2D eigenvalue weighted by atomic mass is 32.2. The van der Waals surface area contributed by atoms with Crippen LogP contribution in [0.15, 0.2) is 11.4 Å².